The molecule has 0 saturated carbocycles. The summed E-state index contributed by atoms with van der Waals surface area (Å²) in [5, 5.41) is 24.7. The normalized spacial score (nSPS) is 12.1. The van der Waals surface area contributed by atoms with E-state index in [1.165, 1.54) is 29.2 Å². The van der Waals surface area contributed by atoms with Crippen molar-refractivity contribution in [3.8, 4) is 11.4 Å². The number of nitro groups is 1. The number of hydrogen-bond donors (Lipinski definition) is 2. The zero-order valence-corrected chi connectivity index (χ0v) is 12.0. The summed E-state index contributed by atoms with van der Waals surface area (Å²) in [5.74, 6) is 0.808. The van der Waals surface area contributed by atoms with Gasteiger partial charge in [0.15, 0.2) is 5.75 Å². The molecule has 2 rings (SSSR count). The Balaban J connectivity index is 2.30. The van der Waals surface area contributed by atoms with Crippen LogP contribution in [0.25, 0.3) is 5.69 Å². The van der Waals surface area contributed by atoms with Crippen LogP contribution in [0.4, 0.5) is 5.69 Å². The van der Waals surface area contributed by atoms with Crippen LogP contribution in [-0.2, 0) is 0 Å². The number of non-ortho nitro benzene ring substituents is 1. The molecule has 0 aliphatic heterocycles. The second-order valence-corrected chi connectivity index (χ2v) is 4.69. The SMILES string of the molecule is Cc1ncn(-c2ccc([N+](=O)[O-])cc2OCC(O)CCN)n1. The van der Waals surface area contributed by atoms with Gasteiger partial charge in [-0.25, -0.2) is 9.67 Å². The predicted molar refractivity (Wildman–Crippen MR) is 77.9 cm³/mol. The summed E-state index contributed by atoms with van der Waals surface area (Å²) in [6.07, 6.45) is 1.13. The zero-order valence-electron chi connectivity index (χ0n) is 12.0. The Hall–Kier alpha value is -2.52. The highest BCUT2D eigenvalue weighted by Crippen LogP contribution is 2.27. The summed E-state index contributed by atoms with van der Waals surface area (Å²) >= 11 is 0. The topological polar surface area (TPSA) is 129 Å². The van der Waals surface area contributed by atoms with Crippen LogP contribution in [-0.4, -0.2) is 44.0 Å². The molecule has 1 aromatic carbocycles. The van der Waals surface area contributed by atoms with Gasteiger partial charge in [0.05, 0.1) is 17.1 Å². The largest absolute Gasteiger partial charge is 0.488 e. The van der Waals surface area contributed by atoms with Gasteiger partial charge >= 0.3 is 0 Å². The van der Waals surface area contributed by atoms with Crippen molar-refractivity contribution in [3.63, 3.8) is 0 Å². The van der Waals surface area contributed by atoms with E-state index in [0.717, 1.165) is 0 Å². The lowest BCUT2D eigenvalue weighted by molar-refractivity contribution is -0.384. The number of aryl methyl sites for hydroxylation is 1. The molecule has 0 fully saturated rings. The number of aromatic nitrogens is 3. The second kappa shape index (κ2) is 6.96. The third-order valence-corrected chi connectivity index (χ3v) is 2.94. The standard InChI is InChI=1S/C13H17N5O4/c1-9-15-8-17(16-9)12-3-2-10(18(20)21)6-13(12)22-7-11(19)4-5-14/h2-3,6,8,11,19H,4-5,7,14H2,1H3. The van der Waals surface area contributed by atoms with Crippen molar-refractivity contribution in [3.05, 3.63) is 40.5 Å². The molecular formula is C13H17N5O4. The van der Waals surface area contributed by atoms with Crippen LogP contribution >= 0.6 is 0 Å². The Kier molecular flexibility index (Phi) is 5.02. The van der Waals surface area contributed by atoms with Crippen LogP contribution in [0.1, 0.15) is 12.2 Å². The summed E-state index contributed by atoms with van der Waals surface area (Å²) in [4.78, 5) is 14.4. The van der Waals surface area contributed by atoms with E-state index >= 15 is 0 Å². The van der Waals surface area contributed by atoms with Crippen molar-refractivity contribution in [2.24, 2.45) is 5.73 Å². The number of ether oxygens (including phenoxy) is 1. The molecular weight excluding hydrogens is 290 g/mol. The van der Waals surface area contributed by atoms with E-state index < -0.39 is 11.0 Å². The fraction of sp³-hybridized carbons (Fsp3) is 0.385. The zero-order chi connectivity index (χ0) is 16.1. The molecule has 1 heterocycles. The summed E-state index contributed by atoms with van der Waals surface area (Å²) < 4.78 is 6.97. The summed E-state index contributed by atoms with van der Waals surface area (Å²) in [5.41, 5.74) is 5.76. The molecule has 1 unspecified atom stereocenters. The average Bonchev–Trinajstić information content (AvgIpc) is 2.91. The number of nitrogens with two attached hydrogens (primary N) is 1. The first kappa shape index (κ1) is 15.9. The van der Waals surface area contributed by atoms with Crippen molar-refractivity contribution >= 4 is 5.69 Å². The first-order valence-corrected chi connectivity index (χ1v) is 6.69. The third kappa shape index (κ3) is 3.77. The highest BCUT2D eigenvalue weighted by atomic mass is 16.6. The molecule has 0 amide bonds. The van der Waals surface area contributed by atoms with Crippen LogP contribution in [0.3, 0.4) is 0 Å². The summed E-state index contributed by atoms with van der Waals surface area (Å²) in [6.45, 7) is 2.04. The molecule has 0 saturated heterocycles. The van der Waals surface area contributed by atoms with E-state index in [2.05, 4.69) is 10.1 Å². The maximum Gasteiger partial charge on any atom is 0.273 e. The van der Waals surface area contributed by atoms with E-state index in [-0.39, 0.29) is 18.0 Å². The van der Waals surface area contributed by atoms with Gasteiger partial charge in [0.1, 0.15) is 24.4 Å². The van der Waals surface area contributed by atoms with Gasteiger partial charge in [0.25, 0.3) is 5.69 Å². The highest BCUT2D eigenvalue weighted by Gasteiger charge is 2.15. The molecule has 0 spiro atoms. The lowest BCUT2D eigenvalue weighted by Gasteiger charge is -2.14. The van der Waals surface area contributed by atoms with Gasteiger partial charge in [-0.1, -0.05) is 0 Å². The molecule has 9 heteroatoms. The molecule has 0 radical (unpaired) electrons. The minimum atomic E-state index is -0.741. The van der Waals surface area contributed by atoms with Gasteiger partial charge in [-0.2, -0.15) is 5.10 Å². The summed E-state index contributed by atoms with van der Waals surface area (Å²) in [6, 6.07) is 4.17. The number of hydrogen-bond acceptors (Lipinski definition) is 7. The van der Waals surface area contributed by atoms with Crippen molar-refractivity contribution in [2.45, 2.75) is 19.4 Å². The molecule has 1 atom stereocenters. The van der Waals surface area contributed by atoms with Gasteiger partial charge in [0.2, 0.25) is 0 Å². The van der Waals surface area contributed by atoms with Gasteiger partial charge in [-0.3, -0.25) is 10.1 Å². The molecule has 3 N–H and O–H groups in total. The van der Waals surface area contributed by atoms with Gasteiger partial charge in [-0.05, 0) is 26.0 Å². The minimum Gasteiger partial charge on any atom is -0.488 e. The highest BCUT2D eigenvalue weighted by molar-refractivity contribution is 5.52. The first-order valence-electron chi connectivity index (χ1n) is 6.69. The van der Waals surface area contributed by atoms with E-state index in [1.54, 1.807) is 6.92 Å². The van der Waals surface area contributed by atoms with Crippen molar-refractivity contribution in [2.75, 3.05) is 13.2 Å². The number of nitro benzene ring substituents is 1. The number of benzene rings is 1. The van der Waals surface area contributed by atoms with Crippen LogP contribution in [0.5, 0.6) is 5.75 Å². The average molecular weight is 307 g/mol. The van der Waals surface area contributed by atoms with Crippen LogP contribution in [0.2, 0.25) is 0 Å². The van der Waals surface area contributed by atoms with Crippen molar-refractivity contribution < 1.29 is 14.8 Å². The van der Waals surface area contributed by atoms with Crippen LogP contribution < -0.4 is 10.5 Å². The quantitative estimate of drug-likeness (QED) is 0.565. The number of rotatable bonds is 7. The molecule has 0 aliphatic rings. The third-order valence-electron chi connectivity index (χ3n) is 2.94. The van der Waals surface area contributed by atoms with E-state index in [1.807, 2.05) is 0 Å². The molecule has 0 aliphatic carbocycles. The Morgan fingerprint density at radius 3 is 2.91 bits per heavy atom. The van der Waals surface area contributed by atoms with Gasteiger partial charge in [0, 0.05) is 6.07 Å². The van der Waals surface area contributed by atoms with Crippen molar-refractivity contribution in [1.82, 2.24) is 14.8 Å². The minimum absolute atomic E-state index is 0.0148. The fourth-order valence-electron chi connectivity index (χ4n) is 1.84. The predicted octanol–water partition coefficient (Wildman–Crippen LogP) is 0.572. The van der Waals surface area contributed by atoms with E-state index in [0.29, 0.717) is 24.5 Å². The lowest BCUT2D eigenvalue weighted by atomic mass is 10.2. The van der Waals surface area contributed by atoms with Gasteiger partial charge < -0.3 is 15.6 Å². The van der Waals surface area contributed by atoms with E-state index in [4.69, 9.17) is 10.5 Å². The Morgan fingerprint density at radius 2 is 2.32 bits per heavy atom. The lowest BCUT2D eigenvalue weighted by Crippen LogP contribution is -2.21. The first-order chi connectivity index (χ1) is 10.5. The molecule has 1 aromatic heterocycles. The number of aliphatic hydroxyl groups is 1. The Labute approximate surface area is 126 Å². The van der Waals surface area contributed by atoms with Crippen LogP contribution in [0, 0.1) is 17.0 Å². The van der Waals surface area contributed by atoms with Gasteiger partial charge in [-0.15, -0.1) is 0 Å². The maximum atomic E-state index is 10.9. The Morgan fingerprint density at radius 1 is 1.55 bits per heavy atom. The molecule has 118 valence electrons. The number of nitrogens with zero attached hydrogens (tertiary/aromatic N) is 4. The second-order valence-electron chi connectivity index (χ2n) is 4.69. The molecule has 9 nitrogen and oxygen atoms in total. The van der Waals surface area contributed by atoms with Crippen molar-refractivity contribution in [1.29, 1.82) is 0 Å². The number of aliphatic hydroxyl groups excluding tert-OH is 1. The fourth-order valence-corrected chi connectivity index (χ4v) is 1.84. The molecule has 22 heavy (non-hydrogen) atoms. The van der Waals surface area contributed by atoms with Crippen LogP contribution in [0.15, 0.2) is 24.5 Å². The maximum absolute atomic E-state index is 10.9. The summed E-state index contributed by atoms with van der Waals surface area (Å²) in [7, 11) is 0. The smallest absolute Gasteiger partial charge is 0.273 e. The molecule has 2 aromatic rings. The monoisotopic (exact) mass is 307 g/mol. The molecule has 0 bridgehead atoms. The Bertz CT molecular complexity index is 658. The van der Waals surface area contributed by atoms with E-state index in [9.17, 15) is 15.2 Å².